The summed E-state index contributed by atoms with van der Waals surface area (Å²) in [7, 11) is 4.81. The Hall–Kier alpha value is -3.45. The molecule has 0 aliphatic carbocycles. The number of benzene rings is 3. The first kappa shape index (κ1) is 20.8. The van der Waals surface area contributed by atoms with Crippen LogP contribution in [0.15, 0.2) is 76.7 Å². The van der Waals surface area contributed by atoms with Gasteiger partial charge < -0.3 is 14.2 Å². The SMILES string of the molecule is COc1cccc(CSc2nc3ccccc3c(=O)n2-c2cc(OC)cc(OC)c2)c1. The van der Waals surface area contributed by atoms with Gasteiger partial charge in [-0.15, -0.1) is 0 Å². The van der Waals surface area contributed by atoms with Gasteiger partial charge in [0, 0.05) is 24.0 Å². The van der Waals surface area contributed by atoms with E-state index in [1.807, 2.05) is 42.5 Å². The van der Waals surface area contributed by atoms with Gasteiger partial charge in [0.05, 0.1) is 37.9 Å². The molecule has 0 spiro atoms. The molecule has 4 rings (SSSR count). The van der Waals surface area contributed by atoms with Crippen molar-refractivity contribution in [1.29, 1.82) is 0 Å². The van der Waals surface area contributed by atoms with E-state index in [9.17, 15) is 4.79 Å². The Morgan fingerprint density at radius 2 is 1.55 bits per heavy atom. The van der Waals surface area contributed by atoms with Gasteiger partial charge in [0.25, 0.3) is 5.56 Å². The van der Waals surface area contributed by atoms with Crippen molar-refractivity contribution in [1.82, 2.24) is 9.55 Å². The van der Waals surface area contributed by atoms with E-state index in [-0.39, 0.29) is 5.56 Å². The summed E-state index contributed by atoms with van der Waals surface area (Å²) in [5.41, 5.74) is 2.22. The first-order valence-corrected chi connectivity index (χ1v) is 10.6. The van der Waals surface area contributed by atoms with Crippen LogP contribution in [0.3, 0.4) is 0 Å². The summed E-state index contributed by atoms with van der Waals surface area (Å²) in [6.07, 6.45) is 0. The summed E-state index contributed by atoms with van der Waals surface area (Å²) in [5, 5.41) is 1.14. The van der Waals surface area contributed by atoms with Gasteiger partial charge in [0.15, 0.2) is 5.16 Å². The molecule has 3 aromatic carbocycles. The molecule has 0 N–H and O–H groups in total. The lowest BCUT2D eigenvalue weighted by atomic mass is 10.2. The van der Waals surface area contributed by atoms with E-state index in [1.54, 1.807) is 50.2 Å². The number of rotatable bonds is 7. The normalized spacial score (nSPS) is 10.8. The van der Waals surface area contributed by atoms with Crippen molar-refractivity contribution in [2.45, 2.75) is 10.9 Å². The highest BCUT2D eigenvalue weighted by Gasteiger charge is 2.15. The maximum absolute atomic E-state index is 13.5. The predicted molar refractivity (Wildman–Crippen MR) is 123 cm³/mol. The van der Waals surface area contributed by atoms with Gasteiger partial charge >= 0.3 is 0 Å². The molecular formula is C24H22N2O4S. The van der Waals surface area contributed by atoms with E-state index in [2.05, 4.69) is 0 Å². The highest BCUT2D eigenvalue weighted by atomic mass is 32.2. The molecule has 0 saturated heterocycles. The number of fused-ring (bicyclic) bond motifs is 1. The van der Waals surface area contributed by atoms with Gasteiger partial charge in [-0.3, -0.25) is 9.36 Å². The average molecular weight is 435 g/mol. The minimum Gasteiger partial charge on any atom is -0.497 e. The van der Waals surface area contributed by atoms with Crippen LogP contribution in [0.2, 0.25) is 0 Å². The fraction of sp³-hybridized carbons (Fsp3) is 0.167. The van der Waals surface area contributed by atoms with Gasteiger partial charge in [0.1, 0.15) is 17.2 Å². The third kappa shape index (κ3) is 4.36. The van der Waals surface area contributed by atoms with Crippen molar-refractivity contribution in [2.24, 2.45) is 0 Å². The van der Waals surface area contributed by atoms with E-state index in [4.69, 9.17) is 19.2 Å². The van der Waals surface area contributed by atoms with Crippen LogP contribution in [-0.2, 0) is 5.75 Å². The Morgan fingerprint density at radius 3 is 2.26 bits per heavy atom. The monoisotopic (exact) mass is 434 g/mol. The number of para-hydroxylation sites is 1. The van der Waals surface area contributed by atoms with Crippen molar-refractivity contribution < 1.29 is 14.2 Å². The van der Waals surface area contributed by atoms with Crippen LogP contribution in [0.5, 0.6) is 17.2 Å². The average Bonchev–Trinajstić information content (AvgIpc) is 2.82. The van der Waals surface area contributed by atoms with Crippen LogP contribution in [0.25, 0.3) is 16.6 Å². The van der Waals surface area contributed by atoms with Crippen LogP contribution >= 0.6 is 11.8 Å². The van der Waals surface area contributed by atoms with Crippen molar-refractivity contribution in [3.63, 3.8) is 0 Å². The summed E-state index contributed by atoms with van der Waals surface area (Å²) < 4.78 is 17.7. The third-order valence-corrected chi connectivity index (χ3v) is 5.85. The topological polar surface area (TPSA) is 62.6 Å². The van der Waals surface area contributed by atoms with E-state index in [0.717, 1.165) is 11.3 Å². The number of hydrogen-bond acceptors (Lipinski definition) is 6. The van der Waals surface area contributed by atoms with Gasteiger partial charge in [-0.25, -0.2) is 4.98 Å². The summed E-state index contributed by atoms with van der Waals surface area (Å²) in [4.78, 5) is 18.3. The molecule has 0 aliphatic rings. The molecule has 6 nitrogen and oxygen atoms in total. The van der Waals surface area contributed by atoms with Crippen LogP contribution in [0, 0.1) is 0 Å². The molecule has 0 saturated carbocycles. The van der Waals surface area contributed by atoms with Gasteiger partial charge in [-0.2, -0.15) is 0 Å². The number of nitrogens with zero attached hydrogens (tertiary/aromatic N) is 2. The molecular weight excluding hydrogens is 412 g/mol. The maximum Gasteiger partial charge on any atom is 0.266 e. The summed E-state index contributed by atoms with van der Waals surface area (Å²) in [5.74, 6) is 2.61. The van der Waals surface area contributed by atoms with Crippen molar-refractivity contribution in [3.8, 4) is 22.9 Å². The summed E-state index contributed by atoms with van der Waals surface area (Å²) in [6.45, 7) is 0. The lowest BCUT2D eigenvalue weighted by molar-refractivity contribution is 0.394. The second-order valence-electron chi connectivity index (χ2n) is 6.76. The second kappa shape index (κ2) is 9.14. The molecule has 0 bridgehead atoms. The number of aromatic nitrogens is 2. The minimum atomic E-state index is -0.144. The fourth-order valence-corrected chi connectivity index (χ4v) is 4.22. The zero-order chi connectivity index (χ0) is 21.8. The van der Waals surface area contributed by atoms with Crippen LogP contribution in [0.4, 0.5) is 0 Å². The molecule has 1 aromatic heterocycles. The molecule has 31 heavy (non-hydrogen) atoms. The Bertz CT molecular complexity index is 1260. The first-order valence-electron chi connectivity index (χ1n) is 9.64. The number of hydrogen-bond donors (Lipinski definition) is 0. The van der Waals surface area contributed by atoms with Crippen LogP contribution in [0.1, 0.15) is 5.56 Å². The third-order valence-electron chi connectivity index (χ3n) is 4.84. The minimum absolute atomic E-state index is 0.144. The number of methoxy groups -OCH3 is 3. The highest BCUT2D eigenvalue weighted by Crippen LogP contribution is 2.29. The van der Waals surface area contributed by atoms with Gasteiger partial charge in [-0.05, 0) is 29.8 Å². The predicted octanol–water partition coefficient (Wildman–Crippen LogP) is 4.70. The standard InChI is InChI=1S/C24H22N2O4S/c1-28-18-8-6-7-16(11-18)15-31-24-25-22-10-5-4-9-21(22)23(27)26(24)17-12-19(29-2)14-20(13-17)30-3/h4-14H,15H2,1-3H3. The smallest absolute Gasteiger partial charge is 0.266 e. The van der Waals surface area contributed by atoms with E-state index >= 15 is 0 Å². The highest BCUT2D eigenvalue weighted by molar-refractivity contribution is 7.98. The molecule has 158 valence electrons. The molecule has 4 aromatic rings. The molecule has 0 amide bonds. The van der Waals surface area contributed by atoms with Gasteiger partial charge in [0.2, 0.25) is 0 Å². The molecule has 0 unspecified atom stereocenters. The van der Waals surface area contributed by atoms with Gasteiger partial charge in [-0.1, -0.05) is 36.0 Å². The maximum atomic E-state index is 13.5. The second-order valence-corrected chi connectivity index (χ2v) is 7.71. The van der Waals surface area contributed by atoms with Crippen molar-refractivity contribution in [3.05, 3.63) is 82.6 Å². The van der Waals surface area contributed by atoms with E-state index in [1.165, 1.54) is 11.8 Å². The molecule has 0 atom stereocenters. The number of thioether (sulfide) groups is 1. The van der Waals surface area contributed by atoms with Crippen molar-refractivity contribution >= 4 is 22.7 Å². The Morgan fingerprint density at radius 1 is 0.839 bits per heavy atom. The van der Waals surface area contributed by atoms with E-state index < -0.39 is 0 Å². The van der Waals surface area contributed by atoms with Crippen molar-refractivity contribution in [2.75, 3.05) is 21.3 Å². The Balaban J connectivity index is 1.85. The quantitative estimate of drug-likeness (QED) is 0.310. The molecule has 0 aliphatic heterocycles. The Kier molecular flexibility index (Phi) is 6.13. The summed E-state index contributed by atoms with van der Waals surface area (Å²) >= 11 is 1.48. The zero-order valence-electron chi connectivity index (χ0n) is 17.5. The number of ether oxygens (including phenoxy) is 3. The van der Waals surface area contributed by atoms with E-state index in [0.29, 0.717) is 39.0 Å². The first-order chi connectivity index (χ1) is 15.1. The molecule has 0 fully saturated rings. The zero-order valence-corrected chi connectivity index (χ0v) is 18.3. The summed E-state index contributed by atoms with van der Waals surface area (Å²) in [6, 6.07) is 20.6. The lowest BCUT2D eigenvalue weighted by Crippen LogP contribution is -2.22. The van der Waals surface area contributed by atoms with Crippen LogP contribution < -0.4 is 19.8 Å². The molecule has 1 heterocycles. The van der Waals surface area contributed by atoms with Crippen LogP contribution in [-0.4, -0.2) is 30.9 Å². The molecule has 0 radical (unpaired) electrons. The fourth-order valence-electron chi connectivity index (χ4n) is 3.27. The Labute approximate surface area is 184 Å². The largest absolute Gasteiger partial charge is 0.497 e. The lowest BCUT2D eigenvalue weighted by Gasteiger charge is -2.15. The molecule has 7 heteroatoms.